The number of hydrogen-bond donors (Lipinski definition) is 1. The van der Waals surface area contributed by atoms with Crippen molar-refractivity contribution in [2.24, 2.45) is 0 Å². The molecule has 0 fully saturated rings. The summed E-state index contributed by atoms with van der Waals surface area (Å²) in [7, 11) is -8.55. The number of benzene rings is 2. The Balaban J connectivity index is 0.000000676. The maximum Gasteiger partial charge on any atom is 0.265 e. The number of thioether (sulfide) groups is 1. The number of nitrogens with zero attached hydrogens (tertiary/aromatic N) is 2. The minimum absolute atomic E-state index is 0.250. The molecule has 0 amide bonds. The van der Waals surface area contributed by atoms with Gasteiger partial charge in [0.25, 0.3) is 5.01 Å². The van der Waals surface area contributed by atoms with E-state index in [-0.39, 0.29) is 12.8 Å². The summed E-state index contributed by atoms with van der Waals surface area (Å²) >= 11 is 15.6. The number of fused-ring (bicyclic) bond motifs is 2. The highest BCUT2D eigenvalue weighted by Crippen LogP contribution is 2.48. The van der Waals surface area contributed by atoms with Gasteiger partial charge in [0.15, 0.2) is 6.54 Å². The maximum atomic E-state index is 11.0. The molecule has 3 aromatic rings. The lowest BCUT2D eigenvalue weighted by atomic mass is 10.2. The van der Waals surface area contributed by atoms with Crippen LogP contribution in [0.5, 0.6) is 0 Å². The van der Waals surface area contributed by atoms with Gasteiger partial charge in [-0.15, -0.1) is 0 Å². The molecule has 9 nitrogen and oxygen atoms in total. The van der Waals surface area contributed by atoms with Gasteiger partial charge in [0.05, 0.1) is 56.7 Å². The van der Waals surface area contributed by atoms with Crippen molar-refractivity contribution in [2.75, 3.05) is 42.6 Å². The first-order valence-electron chi connectivity index (χ1n) is 14.5. The van der Waals surface area contributed by atoms with Crippen molar-refractivity contribution < 1.29 is 35.4 Å². The molecule has 0 atom stereocenters. The number of nitrogens with one attached hydrogen (secondary N) is 1. The number of unbranched alkanes of at least 4 members (excludes halogenated alkanes) is 2. The molecule has 2 aromatic carbocycles. The fourth-order valence-corrected chi connectivity index (χ4v) is 8.51. The molecule has 244 valence electrons. The second-order valence-corrected chi connectivity index (χ2v) is 16.3. The zero-order valence-electron chi connectivity index (χ0n) is 25.1. The van der Waals surface area contributed by atoms with Crippen LogP contribution >= 0.6 is 46.3 Å². The molecule has 0 saturated carbocycles. The Bertz CT molecular complexity index is 1650. The molecule has 1 aliphatic heterocycles. The second kappa shape index (κ2) is 16.9. The van der Waals surface area contributed by atoms with E-state index >= 15 is 0 Å². The van der Waals surface area contributed by atoms with E-state index in [1.165, 1.54) is 19.6 Å². The molecule has 1 aliphatic rings. The Morgan fingerprint density at radius 3 is 2.05 bits per heavy atom. The molecular formula is C29H39Cl2N3O6S4. The number of quaternary nitrogens is 1. The fourth-order valence-electron chi connectivity index (χ4n) is 4.78. The summed E-state index contributed by atoms with van der Waals surface area (Å²) in [4.78, 5) is 4.75. The number of aromatic nitrogens is 1. The van der Waals surface area contributed by atoms with Gasteiger partial charge >= 0.3 is 0 Å². The molecule has 15 heteroatoms. The number of rotatable bonds is 14. The Morgan fingerprint density at radius 1 is 0.864 bits per heavy atom. The highest BCUT2D eigenvalue weighted by Gasteiger charge is 2.28. The van der Waals surface area contributed by atoms with Crippen LogP contribution in [-0.2, 0) is 26.8 Å². The summed E-state index contributed by atoms with van der Waals surface area (Å²) in [5.41, 5.74) is 1.81. The predicted octanol–water partition coefficient (Wildman–Crippen LogP) is 4.99. The topological polar surface area (TPSA) is 126 Å². The van der Waals surface area contributed by atoms with Crippen LogP contribution in [-0.4, -0.2) is 63.6 Å². The minimum Gasteiger partial charge on any atom is -0.748 e. The normalized spacial score (nSPS) is 14.4. The highest BCUT2D eigenvalue weighted by molar-refractivity contribution is 8.04. The van der Waals surface area contributed by atoms with E-state index in [2.05, 4.69) is 30.2 Å². The van der Waals surface area contributed by atoms with Gasteiger partial charge < -0.3 is 18.9 Å². The molecule has 1 N–H and O–H groups in total. The summed E-state index contributed by atoms with van der Waals surface area (Å²) in [5, 5.41) is 2.98. The van der Waals surface area contributed by atoms with E-state index in [4.69, 9.17) is 23.2 Å². The lowest BCUT2D eigenvalue weighted by Gasteiger charge is -2.20. The average molecular weight is 725 g/mol. The van der Waals surface area contributed by atoms with Crippen molar-refractivity contribution >= 4 is 88.5 Å². The monoisotopic (exact) mass is 723 g/mol. The molecule has 0 bridgehead atoms. The van der Waals surface area contributed by atoms with E-state index < -0.39 is 31.7 Å². The Morgan fingerprint density at radius 2 is 1.45 bits per heavy atom. The number of anilines is 1. The third-order valence-electron chi connectivity index (χ3n) is 7.18. The first-order chi connectivity index (χ1) is 20.7. The molecule has 0 saturated heterocycles. The molecular weight excluding hydrogens is 686 g/mol. The lowest BCUT2D eigenvalue weighted by molar-refractivity contribution is -0.894. The molecule has 44 heavy (non-hydrogen) atoms. The largest absolute Gasteiger partial charge is 0.748 e. The van der Waals surface area contributed by atoms with E-state index in [0.717, 1.165) is 30.8 Å². The second-order valence-electron chi connectivity index (χ2n) is 10.3. The van der Waals surface area contributed by atoms with Crippen molar-refractivity contribution in [3.8, 4) is 0 Å². The van der Waals surface area contributed by atoms with Crippen molar-refractivity contribution in [2.45, 2.75) is 57.9 Å². The van der Waals surface area contributed by atoms with Crippen LogP contribution in [0, 0.1) is 0 Å². The van der Waals surface area contributed by atoms with Gasteiger partial charge in [0.1, 0.15) is 4.70 Å². The number of hydrogen-bond acceptors (Lipinski definition) is 9. The van der Waals surface area contributed by atoms with Crippen molar-refractivity contribution in [1.82, 2.24) is 0 Å². The van der Waals surface area contributed by atoms with Gasteiger partial charge in [0, 0.05) is 45.5 Å². The zero-order chi connectivity index (χ0) is 32.5. The van der Waals surface area contributed by atoms with E-state index in [9.17, 15) is 25.9 Å². The van der Waals surface area contributed by atoms with Crippen molar-refractivity contribution in [3.05, 3.63) is 56.5 Å². The lowest BCUT2D eigenvalue weighted by Crippen LogP contribution is -3.11. The molecule has 2 heterocycles. The van der Waals surface area contributed by atoms with Gasteiger partial charge in [-0.05, 0) is 70.4 Å². The molecule has 0 spiro atoms. The van der Waals surface area contributed by atoms with Gasteiger partial charge in [-0.25, -0.2) is 16.8 Å². The van der Waals surface area contributed by atoms with Crippen LogP contribution < -0.4 is 14.4 Å². The van der Waals surface area contributed by atoms with Crippen LogP contribution in [0.1, 0.15) is 51.5 Å². The maximum absolute atomic E-state index is 11.0. The Labute approximate surface area is 279 Å². The summed E-state index contributed by atoms with van der Waals surface area (Å²) in [6.45, 7) is 11.5. The molecule has 4 rings (SSSR count). The highest BCUT2D eigenvalue weighted by atomic mass is 35.5. The zero-order valence-corrected chi connectivity index (χ0v) is 29.8. The summed E-state index contributed by atoms with van der Waals surface area (Å²) in [5.74, 6) is -0.822. The first-order valence-corrected chi connectivity index (χ1v) is 20.1. The fraction of sp³-hybridized carbons (Fsp3) is 0.483. The third-order valence-corrected chi connectivity index (χ3v) is 11.5. The van der Waals surface area contributed by atoms with Crippen molar-refractivity contribution in [3.63, 3.8) is 0 Å². The molecule has 0 aliphatic carbocycles. The standard InChI is InChI=1S/C23H24Cl2N2O6S4.C6H15N/c24-16-5-7-20-18(13-16)26(9-1-3-11-36(28,29)30)22(34-20)15-23-27(10-2-4-12-37(31,32)33)19-14-17(25)6-8-21(19)35-23;1-4-7(5-2)6-3/h5-8,13-15H,1-4,9-12H2,(H-,28,29,30,31,32,33);4-6H2,1-3H3. The van der Waals surface area contributed by atoms with Gasteiger partial charge in [-0.1, -0.05) is 46.3 Å². The number of aryl methyl sites for hydroxylation is 1. The van der Waals surface area contributed by atoms with E-state index in [1.807, 2.05) is 42.5 Å². The van der Waals surface area contributed by atoms with Crippen LogP contribution in [0.2, 0.25) is 10.0 Å². The van der Waals surface area contributed by atoms with Crippen LogP contribution in [0.25, 0.3) is 16.3 Å². The Kier molecular flexibility index (Phi) is 14.3. The van der Waals surface area contributed by atoms with Crippen LogP contribution in [0.4, 0.5) is 5.69 Å². The first kappa shape index (κ1) is 37.0. The number of halogens is 2. The molecule has 1 aromatic heterocycles. The van der Waals surface area contributed by atoms with Gasteiger partial charge in [0.2, 0.25) is 5.52 Å². The van der Waals surface area contributed by atoms with E-state index in [0.29, 0.717) is 36.0 Å². The minimum atomic E-state index is -4.27. The summed E-state index contributed by atoms with van der Waals surface area (Å²) in [6.07, 6.45) is 3.53. The third kappa shape index (κ3) is 11.4. The van der Waals surface area contributed by atoms with Gasteiger partial charge in [-0.2, -0.15) is 4.57 Å². The molecule has 0 unspecified atom stereocenters. The smallest absolute Gasteiger partial charge is 0.265 e. The van der Waals surface area contributed by atoms with Crippen LogP contribution in [0.15, 0.2) is 46.3 Å². The quantitative estimate of drug-likeness (QED) is 0.140. The summed E-state index contributed by atoms with van der Waals surface area (Å²) < 4.78 is 69.2. The Hall–Kier alpha value is -1.42. The SMILES string of the molecule is CC[NH+](CC)CC.O=S(=O)([O-])CCCCN1/C(=C/c2sc3ccc(Cl)cc3[n+]2CCCCS(=O)(=O)[O-])Sc2ccc(Cl)cc21. The average Bonchev–Trinajstić information content (AvgIpc) is 3.45. The molecule has 0 radical (unpaired) electrons. The predicted molar refractivity (Wildman–Crippen MR) is 180 cm³/mol. The van der Waals surface area contributed by atoms with E-state index in [1.54, 1.807) is 28.0 Å². The van der Waals surface area contributed by atoms with Crippen molar-refractivity contribution in [1.29, 1.82) is 0 Å². The van der Waals surface area contributed by atoms with Crippen LogP contribution in [0.3, 0.4) is 0 Å². The number of thiazole rings is 1. The van der Waals surface area contributed by atoms with Gasteiger partial charge in [-0.3, -0.25) is 0 Å². The summed E-state index contributed by atoms with van der Waals surface area (Å²) in [6, 6.07) is 11.2.